The van der Waals surface area contributed by atoms with Gasteiger partial charge in [-0.3, -0.25) is 0 Å². The van der Waals surface area contributed by atoms with Gasteiger partial charge >= 0.3 is 0 Å². The van der Waals surface area contributed by atoms with Gasteiger partial charge in [-0.05, 0) is 24.3 Å². The fourth-order valence-corrected chi connectivity index (χ4v) is 3.15. The van der Waals surface area contributed by atoms with Crippen molar-refractivity contribution in [3.63, 3.8) is 0 Å². The molecule has 0 aliphatic carbocycles. The summed E-state index contributed by atoms with van der Waals surface area (Å²) in [7, 11) is 0. The summed E-state index contributed by atoms with van der Waals surface area (Å²) >= 11 is 1.35. The fraction of sp³-hybridized carbons (Fsp3) is 0. The molecule has 0 saturated heterocycles. The van der Waals surface area contributed by atoms with Crippen molar-refractivity contribution in [2.24, 2.45) is 0 Å². The highest BCUT2D eigenvalue weighted by molar-refractivity contribution is 7.17. The lowest BCUT2D eigenvalue weighted by molar-refractivity contribution is 0.555. The number of rotatable bonds is 3. The summed E-state index contributed by atoms with van der Waals surface area (Å²) < 4.78 is 33.3. The van der Waals surface area contributed by atoms with Crippen molar-refractivity contribution >= 4 is 11.3 Å². The summed E-state index contributed by atoms with van der Waals surface area (Å²) in [6.07, 6.45) is 0. The molecule has 2 aromatic carbocycles. The normalized spacial score (nSPS) is 10.9. The zero-order valence-corrected chi connectivity index (χ0v) is 13.1. The van der Waals surface area contributed by atoms with Crippen LogP contribution in [0.25, 0.3) is 32.7 Å². The first-order valence-corrected chi connectivity index (χ1v) is 7.97. The van der Waals surface area contributed by atoms with Gasteiger partial charge in [0.1, 0.15) is 22.4 Å². The van der Waals surface area contributed by atoms with E-state index in [2.05, 4.69) is 10.2 Å². The Morgan fingerprint density at radius 3 is 2.12 bits per heavy atom. The Kier molecular flexibility index (Phi) is 3.66. The molecule has 0 amide bonds. The number of nitrogens with zero attached hydrogens (tertiary/aromatic N) is 2. The molecular weight excluding hydrogens is 330 g/mol. The predicted octanol–water partition coefficient (Wildman–Crippen LogP) is 5.41. The number of furan rings is 1. The monoisotopic (exact) mass is 340 g/mol. The molecule has 0 atom stereocenters. The van der Waals surface area contributed by atoms with Crippen LogP contribution >= 0.6 is 11.3 Å². The van der Waals surface area contributed by atoms with Gasteiger partial charge in [0, 0.05) is 5.56 Å². The van der Waals surface area contributed by atoms with Crippen LogP contribution in [0.4, 0.5) is 8.78 Å². The van der Waals surface area contributed by atoms with Crippen LogP contribution in [0.15, 0.2) is 65.1 Å². The van der Waals surface area contributed by atoms with Crippen molar-refractivity contribution in [1.82, 2.24) is 10.2 Å². The van der Waals surface area contributed by atoms with Crippen molar-refractivity contribution in [3.8, 4) is 32.7 Å². The zero-order valence-electron chi connectivity index (χ0n) is 12.2. The molecule has 0 fully saturated rings. The Balaban J connectivity index is 1.70. The van der Waals surface area contributed by atoms with Crippen LogP contribution in [0.2, 0.25) is 0 Å². The van der Waals surface area contributed by atoms with Crippen molar-refractivity contribution in [1.29, 1.82) is 0 Å². The summed E-state index contributed by atoms with van der Waals surface area (Å²) in [6, 6.07) is 16.5. The molecule has 2 heterocycles. The minimum atomic E-state index is -0.668. The third-order valence-corrected chi connectivity index (χ3v) is 4.46. The van der Waals surface area contributed by atoms with E-state index >= 15 is 0 Å². The molecule has 4 rings (SSSR count). The Morgan fingerprint density at radius 1 is 0.708 bits per heavy atom. The Bertz CT molecular complexity index is 975. The van der Waals surface area contributed by atoms with Crippen LogP contribution in [0.1, 0.15) is 0 Å². The number of aromatic nitrogens is 2. The molecule has 4 aromatic rings. The maximum atomic E-state index is 13.8. The zero-order chi connectivity index (χ0) is 16.5. The molecular formula is C18H10F2N2OS. The van der Waals surface area contributed by atoms with Crippen molar-refractivity contribution < 1.29 is 13.2 Å². The summed E-state index contributed by atoms with van der Waals surface area (Å²) in [6.45, 7) is 0. The molecule has 0 unspecified atom stereocenters. The summed E-state index contributed by atoms with van der Waals surface area (Å²) in [5.41, 5.74) is 0.768. The quantitative estimate of drug-likeness (QED) is 0.500. The Morgan fingerprint density at radius 2 is 1.38 bits per heavy atom. The first-order chi connectivity index (χ1) is 11.7. The van der Waals surface area contributed by atoms with Gasteiger partial charge in [0.25, 0.3) is 0 Å². The highest BCUT2D eigenvalue weighted by atomic mass is 32.1. The molecule has 2 aromatic heterocycles. The Labute approximate surface area is 140 Å². The van der Waals surface area contributed by atoms with Crippen molar-refractivity contribution in [2.75, 3.05) is 0 Å². The smallest absolute Gasteiger partial charge is 0.183 e. The highest BCUT2D eigenvalue weighted by Crippen LogP contribution is 2.34. The van der Waals surface area contributed by atoms with Gasteiger partial charge in [0.2, 0.25) is 0 Å². The van der Waals surface area contributed by atoms with Crippen molar-refractivity contribution in [3.05, 3.63) is 72.3 Å². The molecule has 0 aliphatic heterocycles. The largest absolute Gasteiger partial charge is 0.453 e. The molecule has 0 spiro atoms. The summed E-state index contributed by atoms with van der Waals surface area (Å²) in [4.78, 5) is 0. The van der Waals surface area contributed by atoms with E-state index in [-0.39, 0.29) is 11.3 Å². The van der Waals surface area contributed by atoms with E-state index in [4.69, 9.17) is 4.42 Å². The summed E-state index contributed by atoms with van der Waals surface area (Å²) in [5.74, 6) is -0.791. The fourth-order valence-electron chi connectivity index (χ4n) is 2.34. The van der Waals surface area contributed by atoms with Gasteiger partial charge in [0.15, 0.2) is 10.8 Å². The number of hydrogen-bond acceptors (Lipinski definition) is 4. The third-order valence-electron chi connectivity index (χ3n) is 3.47. The van der Waals surface area contributed by atoms with Gasteiger partial charge in [-0.25, -0.2) is 8.78 Å². The Hall–Kier alpha value is -2.86. The number of hydrogen-bond donors (Lipinski definition) is 0. The average Bonchev–Trinajstić information content (AvgIpc) is 3.25. The second-order valence-corrected chi connectivity index (χ2v) is 6.02. The minimum Gasteiger partial charge on any atom is -0.453 e. The molecule has 0 radical (unpaired) electrons. The van der Waals surface area contributed by atoms with E-state index in [9.17, 15) is 8.78 Å². The van der Waals surface area contributed by atoms with Gasteiger partial charge in [-0.2, -0.15) is 0 Å². The first kappa shape index (κ1) is 14.7. The standard InChI is InChI=1S/C18H10F2N2OS/c19-12-7-4-8-13(20)16(12)14-9-10-15(23-14)18-22-21-17(24-18)11-5-2-1-3-6-11/h1-10H. The lowest BCUT2D eigenvalue weighted by atomic mass is 10.1. The second kappa shape index (κ2) is 5.98. The van der Waals surface area contributed by atoms with Gasteiger partial charge in [-0.15, -0.1) is 10.2 Å². The van der Waals surface area contributed by atoms with E-state index in [1.165, 1.54) is 35.6 Å². The molecule has 24 heavy (non-hydrogen) atoms. The highest BCUT2D eigenvalue weighted by Gasteiger charge is 2.17. The molecule has 0 N–H and O–H groups in total. The van der Waals surface area contributed by atoms with E-state index in [0.717, 1.165) is 10.6 Å². The van der Waals surface area contributed by atoms with Crippen LogP contribution in [0, 0.1) is 11.6 Å². The molecule has 3 nitrogen and oxygen atoms in total. The maximum Gasteiger partial charge on any atom is 0.183 e. The van der Waals surface area contributed by atoms with Gasteiger partial charge in [0.05, 0.1) is 5.56 Å². The maximum absolute atomic E-state index is 13.8. The second-order valence-electron chi connectivity index (χ2n) is 5.04. The van der Waals surface area contributed by atoms with E-state index in [0.29, 0.717) is 10.8 Å². The SMILES string of the molecule is Fc1cccc(F)c1-c1ccc(-c2nnc(-c3ccccc3)s2)o1. The van der Waals surface area contributed by atoms with E-state index in [1.807, 2.05) is 30.3 Å². The van der Waals surface area contributed by atoms with Crippen LogP contribution in [-0.2, 0) is 0 Å². The molecule has 0 saturated carbocycles. The molecule has 0 aliphatic rings. The molecule has 0 bridgehead atoms. The molecule has 118 valence electrons. The van der Waals surface area contributed by atoms with Crippen LogP contribution in [0.5, 0.6) is 0 Å². The van der Waals surface area contributed by atoms with Crippen molar-refractivity contribution in [2.45, 2.75) is 0 Å². The third kappa shape index (κ3) is 2.61. The van der Waals surface area contributed by atoms with Gasteiger partial charge in [-0.1, -0.05) is 47.7 Å². The van der Waals surface area contributed by atoms with Crippen LogP contribution in [0.3, 0.4) is 0 Å². The van der Waals surface area contributed by atoms with Gasteiger partial charge < -0.3 is 4.42 Å². The van der Waals surface area contributed by atoms with Crippen LogP contribution in [-0.4, -0.2) is 10.2 Å². The lowest BCUT2D eigenvalue weighted by Crippen LogP contribution is -1.87. The number of halogens is 2. The average molecular weight is 340 g/mol. The topological polar surface area (TPSA) is 38.9 Å². The summed E-state index contributed by atoms with van der Waals surface area (Å²) in [5, 5.41) is 9.55. The van der Waals surface area contributed by atoms with Crippen LogP contribution < -0.4 is 0 Å². The van der Waals surface area contributed by atoms with E-state index in [1.54, 1.807) is 6.07 Å². The molecule has 6 heteroatoms. The lowest BCUT2D eigenvalue weighted by Gasteiger charge is -2.00. The number of benzene rings is 2. The predicted molar refractivity (Wildman–Crippen MR) is 88.4 cm³/mol. The minimum absolute atomic E-state index is 0.122. The van der Waals surface area contributed by atoms with E-state index < -0.39 is 11.6 Å². The first-order valence-electron chi connectivity index (χ1n) is 7.16.